The number of rotatable bonds is 4. The Bertz CT molecular complexity index is 614. The molecule has 0 radical (unpaired) electrons. The van der Waals surface area contributed by atoms with Crippen LogP contribution in [0, 0.1) is 0 Å². The predicted octanol–water partition coefficient (Wildman–Crippen LogP) is 3.89. The summed E-state index contributed by atoms with van der Waals surface area (Å²) in [5, 5.41) is 8.37. The molecule has 106 valence electrons. The van der Waals surface area contributed by atoms with Crippen molar-refractivity contribution in [1.82, 2.24) is 15.0 Å². The molecule has 1 aliphatic heterocycles. The highest BCUT2D eigenvalue weighted by Crippen LogP contribution is 2.31. The maximum atomic E-state index is 5.94. The van der Waals surface area contributed by atoms with Crippen molar-refractivity contribution >= 4 is 31.9 Å². The molecule has 0 saturated carbocycles. The van der Waals surface area contributed by atoms with E-state index in [1.807, 2.05) is 23.0 Å². The predicted molar refractivity (Wildman–Crippen MR) is 84.2 cm³/mol. The Morgan fingerprint density at radius 3 is 3.15 bits per heavy atom. The van der Waals surface area contributed by atoms with Crippen LogP contribution >= 0.6 is 31.9 Å². The van der Waals surface area contributed by atoms with E-state index in [1.165, 1.54) is 5.56 Å². The Kier molecular flexibility index (Phi) is 4.12. The van der Waals surface area contributed by atoms with Gasteiger partial charge in [0.15, 0.2) is 0 Å². The lowest BCUT2D eigenvalue weighted by Gasteiger charge is -2.09. The zero-order valence-corrected chi connectivity index (χ0v) is 14.3. The molecule has 0 bridgehead atoms. The number of benzene rings is 1. The summed E-state index contributed by atoms with van der Waals surface area (Å²) in [5.74, 6) is 0.977. The summed E-state index contributed by atoms with van der Waals surface area (Å²) >= 11 is 7.08. The third kappa shape index (κ3) is 2.91. The van der Waals surface area contributed by atoms with E-state index in [9.17, 15) is 0 Å². The van der Waals surface area contributed by atoms with Gasteiger partial charge in [-0.25, -0.2) is 4.68 Å². The Labute approximate surface area is 134 Å². The zero-order chi connectivity index (χ0) is 14.1. The smallest absolute Gasteiger partial charge is 0.123 e. The quantitative estimate of drug-likeness (QED) is 0.731. The van der Waals surface area contributed by atoms with Crippen molar-refractivity contribution in [1.29, 1.82) is 0 Å². The summed E-state index contributed by atoms with van der Waals surface area (Å²) in [5.41, 5.74) is 2.22. The van der Waals surface area contributed by atoms with Crippen LogP contribution in [0.5, 0.6) is 5.75 Å². The van der Waals surface area contributed by atoms with Gasteiger partial charge in [-0.2, -0.15) is 0 Å². The van der Waals surface area contributed by atoms with Gasteiger partial charge in [0.2, 0.25) is 0 Å². The van der Waals surface area contributed by atoms with Gasteiger partial charge in [0, 0.05) is 17.1 Å². The van der Waals surface area contributed by atoms with Crippen molar-refractivity contribution in [3.63, 3.8) is 0 Å². The molecule has 6 heteroatoms. The van der Waals surface area contributed by atoms with Crippen molar-refractivity contribution in [3.8, 4) is 5.75 Å². The van der Waals surface area contributed by atoms with E-state index in [4.69, 9.17) is 4.74 Å². The van der Waals surface area contributed by atoms with E-state index in [-0.39, 0.29) is 10.9 Å². The Morgan fingerprint density at radius 2 is 2.35 bits per heavy atom. The van der Waals surface area contributed by atoms with Crippen molar-refractivity contribution in [2.45, 2.75) is 37.2 Å². The maximum absolute atomic E-state index is 5.94. The summed E-state index contributed by atoms with van der Waals surface area (Å²) in [7, 11) is 0. The minimum absolute atomic E-state index is 0.129. The lowest BCUT2D eigenvalue weighted by atomic mass is 10.1. The highest BCUT2D eigenvalue weighted by Gasteiger charge is 2.24. The van der Waals surface area contributed by atoms with Gasteiger partial charge in [-0.1, -0.05) is 44.0 Å². The van der Waals surface area contributed by atoms with Gasteiger partial charge in [0.25, 0.3) is 0 Å². The molecule has 1 aromatic carbocycles. The van der Waals surface area contributed by atoms with Gasteiger partial charge in [-0.05, 0) is 30.2 Å². The average molecular weight is 401 g/mol. The van der Waals surface area contributed by atoms with Crippen molar-refractivity contribution in [2.75, 3.05) is 0 Å². The Balaban J connectivity index is 1.67. The van der Waals surface area contributed by atoms with Crippen LogP contribution in [0.2, 0.25) is 0 Å². The molecule has 20 heavy (non-hydrogen) atoms. The first-order chi connectivity index (χ1) is 9.65. The Hall–Kier alpha value is -0.880. The van der Waals surface area contributed by atoms with Gasteiger partial charge in [-0.3, -0.25) is 0 Å². The topological polar surface area (TPSA) is 39.9 Å². The number of fused-ring (bicyclic) bond motifs is 1. The molecule has 0 amide bonds. The maximum Gasteiger partial charge on any atom is 0.123 e. The van der Waals surface area contributed by atoms with E-state index in [2.05, 4.69) is 55.2 Å². The number of nitrogens with zero attached hydrogens (tertiary/aromatic N) is 3. The number of aromatic nitrogens is 3. The first-order valence-corrected chi connectivity index (χ1v) is 8.35. The second-order valence-corrected chi connectivity index (χ2v) is 6.96. The molecule has 0 fully saturated rings. The van der Waals surface area contributed by atoms with E-state index in [0.717, 1.165) is 35.3 Å². The van der Waals surface area contributed by atoms with Gasteiger partial charge in [0.05, 0.1) is 17.1 Å². The molecular formula is C14H15Br2N3O. The molecule has 1 aromatic heterocycles. The third-order valence-electron chi connectivity index (χ3n) is 3.39. The lowest BCUT2D eigenvalue weighted by Crippen LogP contribution is -2.21. The number of alkyl halides is 1. The van der Waals surface area contributed by atoms with E-state index < -0.39 is 0 Å². The molecule has 2 heterocycles. The molecule has 3 rings (SSSR count). The number of hydrogen-bond acceptors (Lipinski definition) is 3. The fraction of sp³-hybridized carbons (Fsp3) is 0.429. The van der Waals surface area contributed by atoms with Crippen LogP contribution in [0.3, 0.4) is 0 Å². The van der Waals surface area contributed by atoms with E-state index in [0.29, 0.717) is 0 Å². The van der Waals surface area contributed by atoms with Crippen LogP contribution < -0.4 is 4.74 Å². The molecule has 2 unspecified atom stereocenters. The van der Waals surface area contributed by atoms with E-state index in [1.54, 1.807) is 0 Å². The standard InChI is InChI=1S/C14H15Br2N3O/c1-2-12(16)13-8-19(18-17-13)7-11-6-9-5-10(15)3-4-14(9)20-11/h3-5,8,11-12H,2,6-7H2,1H3. The van der Waals surface area contributed by atoms with Gasteiger partial charge in [0.1, 0.15) is 11.9 Å². The van der Waals surface area contributed by atoms with Crippen molar-refractivity contribution in [2.24, 2.45) is 0 Å². The zero-order valence-electron chi connectivity index (χ0n) is 11.1. The van der Waals surface area contributed by atoms with Crippen LogP contribution in [0.1, 0.15) is 29.4 Å². The van der Waals surface area contributed by atoms with Crippen LogP contribution in [0.15, 0.2) is 28.9 Å². The summed E-state index contributed by atoms with van der Waals surface area (Å²) in [6.07, 6.45) is 4.03. The largest absolute Gasteiger partial charge is 0.488 e. The second-order valence-electron chi connectivity index (χ2n) is 4.94. The molecule has 2 aromatic rings. The normalized spacial score (nSPS) is 18.6. The fourth-order valence-electron chi connectivity index (χ4n) is 2.35. The minimum Gasteiger partial charge on any atom is -0.488 e. The second kappa shape index (κ2) is 5.85. The number of ether oxygens (including phenoxy) is 1. The molecule has 0 spiro atoms. The molecule has 0 saturated heterocycles. The van der Waals surface area contributed by atoms with Crippen LogP contribution in [-0.2, 0) is 13.0 Å². The molecule has 2 atom stereocenters. The lowest BCUT2D eigenvalue weighted by molar-refractivity contribution is 0.202. The van der Waals surface area contributed by atoms with Gasteiger partial charge < -0.3 is 4.74 Å². The monoisotopic (exact) mass is 399 g/mol. The minimum atomic E-state index is 0.129. The molecular weight excluding hydrogens is 386 g/mol. The fourth-order valence-corrected chi connectivity index (χ4v) is 2.97. The van der Waals surface area contributed by atoms with Crippen LogP contribution in [0.4, 0.5) is 0 Å². The summed E-state index contributed by atoms with van der Waals surface area (Å²) in [4.78, 5) is 0.272. The van der Waals surface area contributed by atoms with Crippen LogP contribution in [0.25, 0.3) is 0 Å². The average Bonchev–Trinajstić information content (AvgIpc) is 3.04. The molecule has 0 aliphatic carbocycles. The first-order valence-electron chi connectivity index (χ1n) is 6.65. The highest BCUT2D eigenvalue weighted by molar-refractivity contribution is 9.10. The van der Waals surface area contributed by atoms with Gasteiger partial charge >= 0.3 is 0 Å². The molecule has 4 nitrogen and oxygen atoms in total. The Morgan fingerprint density at radius 1 is 1.50 bits per heavy atom. The van der Waals surface area contributed by atoms with Crippen LogP contribution in [-0.4, -0.2) is 21.1 Å². The SMILES string of the molecule is CCC(Br)c1cn(CC2Cc3cc(Br)ccc3O2)nn1. The van der Waals surface area contributed by atoms with Crippen molar-refractivity contribution < 1.29 is 4.74 Å². The highest BCUT2D eigenvalue weighted by atomic mass is 79.9. The first kappa shape index (κ1) is 14.1. The van der Waals surface area contributed by atoms with Crippen molar-refractivity contribution in [3.05, 3.63) is 40.1 Å². The van der Waals surface area contributed by atoms with E-state index >= 15 is 0 Å². The summed E-state index contributed by atoms with van der Waals surface area (Å²) in [6, 6.07) is 6.14. The summed E-state index contributed by atoms with van der Waals surface area (Å²) < 4.78 is 8.90. The van der Waals surface area contributed by atoms with Gasteiger partial charge in [-0.15, -0.1) is 5.10 Å². The third-order valence-corrected chi connectivity index (χ3v) is 5.00. The number of halogens is 2. The number of hydrogen-bond donors (Lipinski definition) is 0. The molecule has 0 N–H and O–H groups in total. The summed E-state index contributed by atoms with van der Waals surface area (Å²) in [6.45, 7) is 2.84. The molecule has 1 aliphatic rings.